The minimum absolute atomic E-state index is 0.191. The number of hydrogen-bond donors (Lipinski definition) is 1. The van der Waals surface area contributed by atoms with Gasteiger partial charge in [-0.3, -0.25) is 14.5 Å². The lowest BCUT2D eigenvalue weighted by Gasteiger charge is -2.24. The second kappa shape index (κ2) is 6.72. The molecule has 5 nitrogen and oxygen atoms in total. The first-order valence-electron chi connectivity index (χ1n) is 6.11. The van der Waals surface area contributed by atoms with Gasteiger partial charge in [-0.05, 0) is 39.0 Å². The molecule has 0 aliphatic heterocycles. The number of ether oxygens (including phenoxy) is 1. The van der Waals surface area contributed by atoms with Crippen LogP contribution in [0.15, 0.2) is 24.3 Å². The molecule has 1 N–H and O–H groups in total. The minimum Gasteiger partial charge on any atom is -0.480 e. The summed E-state index contributed by atoms with van der Waals surface area (Å²) in [7, 11) is 0. The molecule has 0 saturated carbocycles. The van der Waals surface area contributed by atoms with Crippen LogP contribution in [0.3, 0.4) is 0 Å². The van der Waals surface area contributed by atoms with Crippen molar-refractivity contribution in [3.05, 3.63) is 29.3 Å². The third-order valence-electron chi connectivity index (χ3n) is 2.34. The van der Waals surface area contributed by atoms with Gasteiger partial charge in [0.1, 0.15) is 13.2 Å². The summed E-state index contributed by atoms with van der Waals surface area (Å²) in [5.41, 5.74) is -0.0405. The molecule has 110 valence electrons. The highest BCUT2D eigenvalue weighted by Gasteiger charge is 2.21. The van der Waals surface area contributed by atoms with E-state index >= 15 is 0 Å². The monoisotopic (exact) mass is 299 g/mol. The van der Waals surface area contributed by atoms with Crippen molar-refractivity contribution in [1.82, 2.24) is 0 Å². The Balaban J connectivity index is 2.89. The second-order valence-corrected chi connectivity index (χ2v) is 5.69. The van der Waals surface area contributed by atoms with E-state index < -0.39 is 24.0 Å². The van der Waals surface area contributed by atoms with E-state index in [1.165, 1.54) is 0 Å². The maximum Gasteiger partial charge on any atom is 0.323 e. The van der Waals surface area contributed by atoms with E-state index in [4.69, 9.17) is 21.4 Å². The molecule has 0 aliphatic rings. The van der Waals surface area contributed by atoms with Gasteiger partial charge in [0.15, 0.2) is 0 Å². The molecule has 0 saturated heterocycles. The zero-order valence-corrected chi connectivity index (χ0v) is 12.5. The lowest BCUT2D eigenvalue weighted by Crippen LogP contribution is -2.39. The number of carbonyl (C=O) groups excluding carboxylic acids is 1. The molecule has 6 heteroatoms. The Hall–Kier alpha value is -1.59. The standard InChI is InChI=1S/C14H18ClNO4/c1-14(2,3)20-9-12(17)16(8-13(18)19)11-6-4-5-10(15)7-11/h4-7H,8-9H2,1-3H3,(H,18,19). The van der Waals surface area contributed by atoms with E-state index in [-0.39, 0.29) is 6.61 Å². The van der Waals surface area contributed by atoms with Crippen molar-refractivity contribution >= 4 is 29.2 Å². The highest BCUT2D eigenvalue weighted by atomic mass is 35.5. The Morgan fingerprint density at radius 3 is 2.50 bits per heavy atom. The van der Waals surface area contributed by atoms with Gasteiger partial charge in [-0.2, -0.15) is 0 Å². The number of rotatable bonds is 5. The highest BCUT2D eigenvalue weighted by molar-refractivity contribution is 6.30. The zero-order valence-electron chi connectivity index (χ0n) is 11.7. The molecule has 0 radical (unpaired) electrons. The molecular formula is C14H18ClNO4. The zero-order chi connectivity index (χ0) is 15.3. The summed E-state index contributed by atoms with van der Waals surface area (Å²) in [5, 5.41) is 9.36. The number of hydrogen-bond acceptors (Lipinski definition) is 3. The third kappa shape index (κ3) is 5.59. The fourth-order valence-corrected chi connectivity index (χ4v) is 1.64. The molecule has 0 atom stereocenters. The number of carboxylic acids is 1. The van der Waals surface area contributed by atoms with Crippen LogP contribution in [-0.4, -0.2) is 35.7 Å². The first-order chi connectivity index (χ1) is 9.19. The number of carbonyl (C=O) groups is 2. The van der Waals surface area contributed by atoms with Gasteiger partial charge in [-0.15, -0.1) is 0 Å². The van der Waals surface area contributed by atoms with E-state index in [9.17, 15) is 9.59 Å². The predicted molar refractivity (Wildman–Crippen MR) is 77.1 cm³/mol. The molecule has 0 unspecified atom stereocenters. The number of carboxylic acid groups (broad SMARTS) is 1. The summed E-state index contributed by atoms with van der Waals surface area (Å²) < 4.78 is 5.39. The number of aliphatic carboxylic acids is 1. The number of benzene rings is 1. The molecule has 0 aromatic heterocycles. The van der Waals surface area contributed by atoms with Crippen LogP contribution in [-0.2, 0) is 14.3 Å². The number of halogens is 1. The first-order valence-corrected chi connectivity index (χ1v) is 6.48. The minimum atomic E-state index is -1.10. The molecule has 0 fully saturated rings. The summed E-state index contributed by atoms with van der Waals surface area (Å²) in [4.78, 5) is 24.2. The molecule has 20 heavy (non-hydrogen) atoms. The number of anilines is 1. The fraction of sp³-hybridized carbons (Fsp3) is 0.429. The third-order valence-corrected chi connectivity index (χ3v) is 2.58. The molecule has 1 amide bonds. The maximum absolute atomic E-state index is 12.1. The number of nitrogens with zero attached hydrogens (tertiary/aromatic N) is 1. The lowest BCUT2D eigenvalue weighted by atomic mass is 10.2. The predicted octanol–water partition coefficient (Wildman–Crippen LogP) is 2.57. The molecule has 0 aliphatic carbocycles. The maximum atomic E-state index is 12.1. The van der Waals surface area contributed by atoms with Crippen LogP contribution < -0.4 is 4.90 Å². The molecule has 0 heterocycles. The van der Waals surface area contributed by atoms with Crippen molar-refractivity contribution in [3.8, 4) is 0 Å². The topological polar surface area (TPSA) is 66.8 Å². The molecule has 1 aromatic rings. The van der Waals surface area contributed by atoms with Crippen LogP contribution in [0.5, 0.6) is 0 Å². The summed E-state index contributed by atoms with van der Waals surface area (Å²) in [6.07, 6.45) is 0. The first kappa shape index (κ1) is 16.5. The number of amides is 1. The van der Waals surface area contributed by atoms with Gasteiger partial charge in [0.05, 0.1) is 5.60 Å². The average Bonchev–Trinajstić information content (AvgIpc) is 2.32. The molecule has 0 bridgehead atoms. The lowest BCUT2D eigenvalue weighted by molar-refractivity contribution is -0.137. The molecule has 1 aromatic carbocycles. The van der Waals surface area contributed by atoms with E-state index in [2.05, 4.69) is 0 Å². The van der Waals surface area contributed by atoms with E-state index in [0.717, 1.165) is 4.90 Å². The summed E-state index contributed by atoms with van der Waals surface area (Å²) in [5.74, 6) is -1.53. The van der Waals surface area contributed by atoms with Gasteiger partial charge in [0.2, 0.25) is 0 Å². The van der Waals surface area contributed by atoms with Crippen molar-refractivity contribution in [3.63, 3.8) is 0 Å². The van der Waals surface area contributed by atoms with Crippen LogP contribution in [0, 0.1) is 0 Å². The molecular weight excluding hydrogens is 282 g/mol. The smallest absolute Gasteiger partial charge is 0.323 e. The van der Waals surface area contributed by atoms with Gasteiger partial charge in [0.25, 0.3) is 5.91 Å². The summed E-state index contributed by atoms with van der Waals surface area (Å²) in [6, 6.07) is 6.48. The summed E-state index contributed by atoms with van der Waals surface area (Å²) in [6.45, 7) is 4.83. The Kier molecular flexibility index (Phi) is 5.53. The SMILES string of the molecule is CC(C)(C)OCC(=O)N(CC(=O)O)c1cccc(Cl)c1. The van der Waals surface area contributed by atoms with Crippen molar-refractivity contribution in [1.29, 1.82) is 0 Å². The van der Waals surface area contributed by atoms with Gasteiger partial charge < -0.3 is 9.84 Å². The van der Waals surface area contributed by atoms with Crippen LogP contribution >= 0.6 is 11.6 Å². The average molecular weight is 300 g/mol. The van der Waals surface area contributed by atoms with E-state index in [1.807, 2.05) is 20.8 Å². The van der Waals surface area contributed by atoms with Crippen LogP contribution in [0.1, 0.15) is 20.8 Å². The van der Waals surface area contributed by atoms with Crippen LogP contribution in [0.25, 0.3) is 0 Å². The molecule has 1 rings (SSSR count). The van der Waals surface area contributed by atoms with Crippen LogP contribution in [0.4, 0.5) is 5.69 Å². The van der Waals surface area contributed by atoms with Gasteiger partial charge in [-0.1, -0.05) is 17.7 Å². The van der Waals surface area contributed by atoms with E-state index in [0.29, 0.717) is 10.7 Å². The molecule has 0 spiro atoms. The van der Waals surface area contributed by atoms with Gasteiger partial charge >= 0.3 is 5.97 Å². The fourth-order valence-electron chi connectivity index (χ4n) is 1.46. The van der Waals surface area contributed by atoms with Crippen molar-refractivity contribution in [2.75, 3.05) is 18.1 Å². The Bertz CT molecular complexity index is 496. The van der Waals surface area contributed by atoms with Gasteiger partial charge in [0, 0.05) is 10.7 Å². The largest absolute Gasteiger partial charge is 0.480 e. The van der Waals surface area contributed by atoms with Crippen molar-refractivity contribution in [2.45, 2.75) is 26.4 Å². The summed E-state index contributed by atoms with van der Waals surface area (Å²) >= 11 is 5.86. The quantitative estimate of drug-likeness (QED) is 0.907. The Morgan fingerprint density at radius 2 is 2.00 bits per heavy atom. The van der Waals surface area contributed by atoms with Crippen molar-refractivity contribution < 1.29 is 19.4 Å². The van der Waals surface area contributed by atoms with Gasteiger partial charge in [-0.25, -0.2) is 0 Å². The Morgan fingerprint density at radius 1 is 1.35 bits per heavy atom. The Labute approximate surface area is 123 Å². The second-order valence-electron chi connectivity index (χ2n) is 5.25. The highest BCUT2D eigenvalue weighted by Crippen LogP contribution is 2.20. The normalized spacial score (nSPS) is 11.2. The van der Waals surface area contributed by atoms with Crippen molar-refractivity contribution in [2.24, 2.45) is 0 Å². The van der Waals surface area contributed by atoms with E-state index in [1.54, 1.807) is 24.3 Å². The van der Waals surface area contributed by atoms with Crippen LogP contribution in [0.2, 0.25) is 5.02 Å².